The van der Waals surface area contributed by atoms with E-state index >= 15 is 0 Å². The van der Waals surface area contributed by atoms with Crippen LogP contribution in [0.3, 0.4) is 0 Å². The van der Waals surface area contributed by atoms with Gasteiger partial charge in [-0.3, -0.25) is 4.79 Å². The molecule has 4 rings (SSSR count). The minimum atomic E-state index is -0.409. The number of nitrogens with one attached hydrogen (secondary N) is 1. The number of amides is 3. The molecule has 3 amide bonds. The second-order valence-electron chi connectivity index (χ2n) is 6.91. The predicted molar refractivity (Wildman–Crippen MR) is 121 cm³/mol. The minimum absolute atomic E-state index is 0.186. The van der Waals surface area contributed by atoms with Gasteiger partial charge in [0.25, 0.3) is 0 Å². The second kappa shape index (κ2) is 8.51. The van der Waals surface area contributed by atoms with Gasteiger partial charge in [-0.1, -0.05) is 74.3 Å². The summed E-state index contributed by atoms with van der Waals surface area (Å²) in [5.41, 5.74) is 2.53. The van der Waals surface area contributed by atoms with Crippen molar-refractivity contribution in [3.8, 4) is 0 Å². The Balaban J connectivity index is 1.78. The number of nitrogens with zero attached hydrogens (tertiary/aromatic N) is 1. The Morgan fingerprint density at radius 1 is 0.759 bits per heavy atom. The number of halogens is 2. The number of carbonyl (C=O) groups excluding carboxylic acids is 2. The lowest BCUT2D eigenvalue weighted by Crippen LogP contribution is -2.42. The summed E-state index contributed by atoms with van der Waals surface area (Å²) in [6, 6.07) is 24.1. The molecule has 1 aliphatic heterocycles. The SMILES string of the molecule is O=C1C[C@H](c2ccc(Br)cc2)[C@@H](c2ccc(Br)cc2)NC(=O)N1c1ccccc1. The molecule has 1 fully saturated rings. The monoisotopic (exact) mass is 512 g/mol. The number of urea groups is 1. The van der Waals surface area contributed by atoms with Gasteiger partial charge in [-0.2, -0.15) is 0 Å². The minimum Gasteiger partial charge on any atom is -0.330 e. The average molecular weight is 514 g/mol. The Kier molecular flexibility index (Phi) is 5.83. The van der Waals surface area contributed by atoms with E-state index in [1.807, 2.05) is 66.7 Å². The molecule has 1 N–H and O–H groups in total. The Morgan fingerprint density at radius 3 is 1.90 bits per heavy atom. The molecule has 1 saturated heterocycles. The van der Waals surface area contributed by atoms with Crippen LogP contribution < -0.4 is 10.2 Å². The van der Waals surface area contributed by atoms with Crippen molar-refractivity contribution < 1.29 is 9.59 Å². The number of rotatable bonds is 3. The van der Waals surface area contributed by atoms with Crippen LogP contribution in [-0.2, 0) is 4.79 Å². The highest BCUT2D eigenvalue weighted by molar-refractivity contribution is 9.10. The Bertz CT molecular complexity index is 956. The first-order chi connectivity index (χ1) is 14.0. The van der Waals surface area contributed by atoms with Crippen LogP contribution in [0.15, 0.2) is 87.8 Å². The fraction of sp³-hybridized carbons (Fsp3) is 0.130. The summed E-state index contributed by atoms with van der Waals surface area (Å²) in [7, 11) is 0. The van der Waals surface area contributed by atoms with Crippen molar-refractivity contribution in [2.75, 3.05) is 4.90 Å². The van der Waals surface area contributed by atoms with Crippen LogP contribution in [0, 0.1) is 0 Å². The lowest BCUT2D eigenvalue weighted by molar-refractivity contribution is -0.118. The van der Waals surface area contributed by atoms with Crippen LogP contribution in [0.1, 0.15) is 29.5 Å². The molecular weight excluding hydrogens is 496 g/mol. The summed E-state index contributed by atoms with van der Waals surface area (Å²) in [6.07, 6.45) is 0.218. The van der Waals surface area contributed by atoms with E-state index in [9.17, 15) is 9.59 Å². The lowest BCUT2D eigenvalue weighted by Gasteiger charge is -2.26. The first-order valence-corrected chi connectivity index (χ1v) is 10.8. The van der Waals surface area contributed by atoms with Crippen molar-refractivity contribution in [1.82, 2.24) is 5.32 Å². The Morgan fingerprint density at radius 2 is 1.31 bits per heavy atom. The lowest BCUT2D eigenvalue weighted by atomic mass is 9.85. The van der Waals surface area contributed by atoms with Gasteiger partial charge in [0, 0.05) is 21.3 Å². The number of hydrogen-bond donors (Lipinski definition) is 1. The van der Waals surface area contributed by atoms with E-state index in [2.05, 4.69) is 37.2 Å². The van der Waals surface area contributed by atoms with Crippen molar-refractivity contribution >= 4 is 49.5 Å². The standard InChI is InChI=1S/C23H18Br2N2O2/c24-17-10-6-15(7-11-17)20-14-21(28)27(19-4-2-1-3-5-19)23(29)26-22(20)16-8-12-18(25)13-9-16/h1-13,20,22H,14H2,(H,26,29)/t20-,22-/m1/s1. The van der Waals surface area contributed by atoms with Gasteiger partial charge in [0.15, 0.2) is 0 Å². The molecule has 0 spiro atoms. The maximum Gasteiger partial charge on any atom is 0.329 e. The molecule has 0 bridgehead atoms. The van der Waals surface area contributed by atoms with Crippen LogP contribution in [0.2, 0.25) is 0 Å². The Labute approximate surface area is 186 Å². The van der Waals surface area contributed by atoms with Crippen LogP contribution >= 0.6 is 31.9 Å². The van der Waals surface area contributed by atoms with Gasteiger partial charge in [-0.15, -0.1) is 0 Å². The summed E-state index contributed by atoms with van der Waals surface area (Å²) in [5, 5.41) is 3.10. The normalized spacial score (nSPS) is 19.6. The molecule has 0 radical (unpaired) electrons. The van der Waals surface area contributed by atoms with E-state index in [1.165, 1.54) is 4.90 Å². The molecule has 4 nitrogen and oxygen atoms in total. The molecule has 0 aromatic heterocycles. The number of anilines is 1. The number of benzene rings is 3. The highest BCUT2D eigenvalue weighted by Gasteiger charge is 2.37. The third-order valence-corrected chi connectivity index (χ3v) is 6.13. The predicted octanol–water partition coefficient (Wildman–Crippen LogP) is 6.18. The van der Waals surface area contributed by atoms with Crippen LogP contribution in [-0.4, -0.2) is 11.9 Å². The molecule has 29 heavy (non-hydrogen) atoms. The molecule has 3 aromatic carbocycles. The zero-order valence-electron chi connectivity index (χ0n) is 15.4. The van der Waals surface area contributed by atoms with Gasteiger partial charge in [-0.05, 0) is 47.5 Å². The fourth-order valence-corrected chi connectivity index (χ4v) is 4.18. The maximum absolute atomic E-state index is 13.2. The van der Waals surface area contributed by atoms with Gasteiger partial charge in [0.1, 0.15) is 0 Å². The van der Waals surface area contributed by atoms with E-state index in [-0.39, 0.29) is 24.3 Å². The summed E-state index contributed by atoms with van der Waals surface area (Å²) in [5.74, 6) is -0.407. The Hall–Kier alpha value is -2.44. The van der Waals surface area contributed by atoms with Crippen molar-refractivity contribution in [2.24, 2.45) is 0 Å². The smallest absolute Gasteiger partial charge is 0.329 e. The first kappa shape index (κ1) is 19.9. The van der Waals surface area contributed by atoms with E-state index in [0.717, 1.165) is 20.1 Å². The van der Waals surface area contributed by atoms with Crippen molar-refractivity contribution in [1.29, 1.82) is 0 Å². The molecule has 2 atom stereocenters. The quantitative estimate of drug-likeness (QED) is 0.454. The number of carbonyl (C=O) groups is 2. The summed E-state index contributed by atoms with van der Waals surface area (Å²) in [6.45, 7) is 0. The van der Waals surface area contributed by atoms with Gasteiger partial charge < -0.3 is 5.32 Å². The van der Waals surface area contributed by atoms with Crippen LogP contribution in [0.5, 0.6) is 0 Å². The van der Waals surface area contributed by atoms with Gasteiger partial charge in [0.2, 0.25) is 5.91 Å². The number of para-hydroxylation sites is 1. The van der Waals surface area contributed by atoms with Crippen LogP contribution in [0.25, 0.3) is 0 Å². The van der Waals surface area contributed by atoms with E-state index in [0.29, 0.717) is 5.69 Å². The summed E-state index contributed by atoms with van der Waals surface area (Å²) >= 11 is 6.92. The molecule has 0 unspecified atom stereocenters. The molecule has 1 aliphatic rings. The van der Waals surface area contributed by atoms with E-state index in [1.54, 1.807) is 12.1 Å². The first-order valence-electron chi connectivity index (χ1n) is 9.22. The van der Waals surface area contributed by atoms with Gasteiger partial charge in [0.05, 0.1) is 11.7 Å². The molecule has 6 heteroatoms. The zero-order chi connectivity index (χ0) is 20.4. The summed E-state index contributed by atoms with van der Waals surface area (Å²) < 4.78 is 1.93. The highest BCUT2D eigenvalue weighted by Crippen LogP contribution is 2.38. The van der Waals surface area contributed by atoms with Crippen LogP contribution in [0.4, 0.5) is 10.5 Å². The summed E-state index contributed by atoms with van der Waals surface area (Å²) in [4.78, 5) is 27.5. The zero-order valence-corrected chi connectivity index (χ0v) is 18.6. The maximum atomic E-state index is 13.2. The molecule has 0 aliphatic carbocycles. The fourth-order valence-electron chi connectivity index (χ4n) is 3.65. The van der Waals surface area contributed by atoms with Crippen molar-refractivity contribution in [2.45, 2.75) is 18.4 Å². The topological polar surface area (TPSA) is 49.4 Å². The number of hydrogen-bond acceptors (Lipinski definition) is 2. The van der Waals surface area contributed by atoms with Gasteiger partial charge in [-0.25, -0.2) is 9.69 Å². The average Bonchev–Trinajstić information content (AvgIpc) is 2.85. The van der Waals surface area contributed by atoms with Crippen molar-refractivity contribution in [3.05, 3.63) is 98.9 Å². The highest BCUT2D eigenvalue weighted by atomic mass is 79.9. The third-order valence-electron chi connectivity index (χ3n) is 5.07. The van der Waals surface area contributed by atoms with Crippen molar-refractivity contribution in [3.63, 3.8) is 0 Å². The number of imide groups is 1. The molecule has 3 aromatic rings. The molecule has 0 saturated carbocycles. The second-order valence-corrected chi connectivity index (χ2v) is 8.74. The molecular formula is C23H18Br2N2O2. The molecule has 146 valence electrons. The van der Waals surface area contributed by atoms with Gasteiger partial charge >= 0.3 is 6.03 Å². The van der Waals surface area contributed by atoms with E-state index < -0.39 is 6.03 Å². The third kappa shape index (κ3) is 4.28. The van der Waals surface area contributed by atoms with E-state index in [4.69, 9.17) is 0 Å². The molecule has 1 heterocycles. The largest absolute Gasteiger partial charge is 0.330 e.